The van der Waals surface area contributed by atoms with Crippen molar-refractivity contribution in [2.24, 2.45) is 11.8 Å². The lowest BCUT2D eigenvalue weighted by Crippen LogP contribution is -2.38. The molecule has 6 rings (SSSR count). The molecule has 0 saturated carbocycles. The van der Waals surface area contributed by atoms with Crippen LogP contribution in [0.4, 0.5) is 18.9 Å². The summed E-state index contributed by atoms with van der Waals surface area (Å²) in [5, 5.41) is 3.28. The maximum absolute atomic E-state index is 13.1. The van der Waals surface area contributed by atoms with Crippen molar-refractivity contribution >= 4 is 23.2 Å². The van der Waals surface area contributed by atoms with Gasteiger partial charge in [-0.3, -0.25) is 14.4 Å². The Kier molecular flexibility index (Phi) is 5.48. The van der Waals surface area contributed by atoms with Gasteiger partial charge < -0.3 is 24.3 Å². The maximum Gasteiger partial charge on any atom is 0.416 e. The predicted molar refractivity (Wildman–Crippen MR) is 124 cm³/mol. The standard InChI is InChI=1S/C27H20F3NO7/c1-35-21-7-12(6-18(32)25(21)33)22-15-8-19-20(38-11-37-19)9-16(15)24(17-10-36-26(34)23(17)22)31-14-4-2-13(3-5-14)27(28,29)30/h2-9,17,22-24,31H,10-11H2,1H3/t17-,22+,23-,24+/m0/s1. The van der Waals surface area contributed by atoms with Gasteiger partial charge in [-0.15, -0.1) is 0 Å². The van der Waals surface area contributed by atoms with Gasteiger partial charge in [0, 0.05) is 17.5 Å². The molecule has 0 spiro atoms. The molecule has 1 saturated heterocycles. The lowest BCUT2D eigenvalue weighted by molar-refractivity contribution is -0.141. The predicted octanol–water partition coefficient (Wildman–Crippen LogP) is 4.08. The first-order chi connectivity index (χ1) is 18.2. The molecule has 0 unspecified atom stereocenters. The van der Waals surface area contributed by atoms with E-state index in [2.05, 4.69) is 5.32 Å². The Morgan fingerprint density at radius 1 is 0.947 bits per heavy atom. The van der Waals surface area contributed by atoms with Crippen LogP contribution < -0.4 is 14.8 Å². The molecule has 2 aliphatic heterocycles. The molecule has 0 amide bonds. The van der Waals surface area contributed by atoms with Gasteiger partial charge in [0.05, 0.1) is 31.2 Å². The van der Waals surface area contributed by atoms with E-state index in [0.717, 1.165) is 12.1 Å². The number of hydrogen-bond donors (Lipinski definition) is 1. The molecule has 8 nitrogen and oxygen atoms in total. The van der Waals surface area contributed by atoms with E-state index in [1.54, 1.807) is 12.1 Å². The van der Waals surface area contributed by atoms with Gasteiger partial charge in [-0.2, -0.15) is 13.2 Å². The van der Waals surface area contributed by atoms with Crippen molar-refractivity contribution in [1.82, 2.24) is 0 Å². The minimum atomic E-state index is -4.47. The number of ether oxygens (including phenoxy) is 4. The molecule has 0 aromatic heterocycles. The molecule has 2 aromatic carbocycles. The number of nitrogens with one attached hydrogen (secondary N) is 1. The molecular weight excluding hydrogens is 507 g/mol. The summed E-state index contributed by atoms with van der Waals surface area (Å²) in [6.45, 7) is 0.0470. The third-order valence-electron chi connectivity index (χ3n) is 7.34. The largest absolute Gasteiger partial charge is 0.492 e. The highest BCUT2D eigenvalue weighted by molar-refractivity contribution is 6.47. The van der Waals surface area contributed by atoms with E-state index in [9.17, 15) is 27.6 Å². The first-order valence-electron chi connectivity index (χ1n) is 11.8. The topological polar surface area (TPSA) is 100 Å². The average Bonchev–Trinajstić information content (AvgIpc) is 3.50. The summed E-state index contributed by atoms with van der Waals surface area (Å²) in [6, 6.07) is 7.57. The summed E-state index contributed by atoms with van der Waals surface area (Å²) in [6.07, 6.45) is -1.82. The number of cyclic esters (lactones) is 1. The van der Waals surface area contributed by atoms with E-state index in [4.69, 9.17) is 18.9 Å². The third kappa shape index (κ3) is 3.80. The lowest BCUT2D eigenvalue weighted by atomic mass is 9.64. The number of esters is 1. The molecule has 196 valence electrons. The zero-order valence-electron chi connectivity index (χ0n) is 19.8. The van der Waals surface area contributed by atoms with Gasteiger partial charge in [0.2, 0.25) is 12.6 Å². The highest BCUT2D eigenvalue weighted by atomic mass is 19.4. The van der Waals surface area contributed by atoms with Crippen molar-refractivity contribution in [2.75, 3.05) is 25.8 Å². The molecule has 0 radical (unpaired) electrons. The maximum atomic E-state index is 13.1. The van der Waals surface area contributed by atoms with E-state index in [0.29, 0.717) is 33.9 Å². The minimum absolute atomic E-state index is 0.00178. The van der Waals surface area contributed by atoms with Crippen LogP contribution in [0, 0.1) is 11.8 Å². The number of allylic oxidation sites excluding steroid dienone is 4. The lowest BCUT2D eigenvalue weighted by Gasteiger charge is -2.40. The van der Waals surface area contributed by atoms with Crippen LogP contribution in [-0.2, 0) is 30.0 Å². The Morgan fingerprint density at radius 3 is 2.29 bits per heavy atom. The van der Waals surface area contributed by atoms with Crippen molar-refractivity contribution in [3.8, 4) is 11.5 Å². The van der Waals surface area contributed by atoms with Crippen molar-refractivity contribution in [3.63, 3.8) is 0 Å². The van der Waals surface area contributed by atoms with Gasteiger partial charge in [-0.05, 0) is 65.3 Å². The molecule has 4 atom stereocenters. The van der Waals surface area contributed by atoms with E-state index < -0.39 is 53.1 Å². The molecule has 11 heteroatoms. The van der Waals surface area contributed by atoms with Crippen LogP contribution in [0.15, 0.2) is 59.9 Å². The van der Waals surface area contributed by atoms with Crippen molar-refractivity contribution in [2.45, 2.75) is 18.1 Å². The Bertz CT molecular complexity index is 1430. The number of carbonyl (C=O) groups excluding carboxylic acids is 3. The Labute approximate surface area is 214 Å². The molecule has 4 aliphatic rings. The fourth-order valence-electron chi connectivity index (χ4n) is 5.61. The molecule has 1 fully saturated rings. The average molecular weight is 527 g/mol. The first kappa shape index (κ1) is 24.1. The molecule has 2 heterocycles. The van der Waals surface area contributed by atoms with Crippen LogP contribution in [0.2, 0.25) is 0 Å². The zero-order chi connectivity index (χ0) is 26.8. The fourth-order valence-corrected chi connectivity index (χ4v) is 5.61. The van der Waals surface area contributed by atoms with Crippen molar-refractivity contribution in [3.05, 3.63) is 76.6 Å². The number of halogens is 3. The Morgan fingerprint density at radius 2 is 1.63 bits per heavy atom. The van der Waals surface area contributed by atoms with Crippen LogP contribution in [0.1, 0.15) is 28.7 Å². The molecule has 0 bridgehead atoms. The number of anilines is 1. The smallest absolute Gasteiger partial charge is 0.416 e. The second-order valence-corrected chi connectivity index (χ2v) is 9.38. The van der Waals surface area contributed by atoms with E-state index in [1.165, 1.54) is 31.4 Å². The zero-order valence-corrected chi connectivity index (χ0v) is 19.8. The fraction of sp³-hybridized carbons (Fsp3) is 0.296. The number of carbonyl (C=O) groups is 3. The van der Waals surface area contributed by atoms with Crippen LogP contribution in [0.25, 0.3) is 0 Å². The van der Waals surface area contributed by atoms with Gasteiger partial charge >= 0.3 is 12.1 Å². The van der Waals surface area contributed by atoms with Crippen LogP contribution >= 0.6 is 0 Å². The number of Topliss-reactive ketones (excluding diaryl/α,β-unsaturated/α-hetero) is 1. The van der Waals surface area contributed by atoms with Crippen LogP contribution in [0.3, 0.4) is 0 Å². The number of fused-ring (bicyclic) bond motifs is 3. The van der Waals surface area contributed by atoms with E-state index in [1.807, 2.05) is 0 Å². The van der Waals surface area contributed by atoms with E-state index >= 15 is 0 Å². The van der Waals surface area contributed by atoms with Crippen LogP contribution in [-0.4, -0.2) is 38.0 Å². The second kappa shape index (κ2) is 8.64. The number of rotatable bonds is 4. The summed E-state index contributed by atoms with van der Waals surface area (Å²) in [4.78, 5) is 37.8. The van der Waals surface area contributed by atoms with Gasteiger partial charge in [0.1, 0.15) is 0 Å². The monoisotopic (exact) mass is 527 g/mol. The normalized spacial score (nSPS) is 25.7. The molecular formula is C27H20F3NO7. The van der Waals surface area contributed by atoms with Gasteiger partial charge in [-0.1, -0.05) is 0 Å². The third-order valence-corrected chi connectivity index (χ3v) is 7.34. The van der Waals surface area contributed by atoms with E-state index in [-0.39, 0.29) is 19.2 Å². The minimum Gasteiger partial charge on any atom is -0.492 e. The number of methoxy groups -OCH3 is 1. The molecule has 2 aromatic rings. The molecule has 1 N–H and O–H groups in total. The Hall–Kier alpha value is -4.28. The second-order valence-electron chi connectivity index (χ2n) is 9.38. The van der Waals surface area contributed by atoms with Gasteiger partial charge in [0.15, 0.2) is 17.3 Å². The highest BCUT2D eigenvalue weighted by Crippen LogP contribution is 2.55. The summed E-state index contributed by atoms with van der Waals surface area (Å²) in [5.74, 6) is -3.13. The first-order valence-corrected chi connectivity index (χ1v) is 11.8. The summed E-state index contributed by atoms with van der Waals surface area (Å²) < 4.78 is 61.0. The quantitative estimate of drug-likeness (QED) is 0.361. The van der Waals surface area contributed by atoms with Crippen LogP contribution in [0.5, 0.6) is 11.5 Å². The highest BCUT2D eigenvalue weighted by Gasteiger charge is 2.53. The van der Waals surface area contributed by atoms with Gasteiger partial charge in [-0.25, -0.2) is 0 Å². The van der Waals surface area contributed by atoms with Gasteiger partial charge in [0.25, 0.3) is 5.78 Å². The summed E-state index contributed by atoms with van der Waals surface area (Å²) >= 11 is 0. The number of alkyl halides is 3. The van der Waals surface area contributed by atoms with Crippen molar-refractivity contribution < 1.29 is 46.5 Å². The molecule has 38 heavy (non-hydrogen) atoms. The Balaban J connectivity index is 1.48. The number of benzene rings is 2. The molecule has 2 aliphatic carbocycles. The summed E-state index contributed by atoms with van der Waals surface area (Å²) in [7, 11) is 1.28. The number of ketones is 2. The number of hydrogen-bond acceptors (Lipinski definition) is 8. The SMILES string of the molecule is COC1=CC([C@@H]2c3cc4c(cc3[C@@H](Nc3ccc(C(F)(F)F)cc3)[C@H]3COC(=O)[C@@H]32)OCO4)=CC(=O)C1=O. The summed E-state index contributed by atoms with van der Waals surface area (Å²) in [5.41, 5.74) is 1.39. The van der Waals surface area contributed by atoms with Crippen molar-refractivity contribution in [1.29, 1.82) is 0 Å².